The van der Waals surface area contributed by atoms with E-state index in [1.54, 1.807) is 12.4 Å². The van der Waals surface area contributed by atoms with Gasteiger partial charge in [0.15, 0.2) is 11.6 Å². The molecule has 3 rings (SSSR count). The third-order valence-corrected chi connectivity index (χ3v) is 2.96. The van der Waals surface area contributed by atoms with Gasteiger partial charge < -0.3 is 0 Å². The Morgan fingerprint density at radius 3 is 1.62 bits per heavy atom. The number of pyridine rings is 2. The SMILES string of the molecule is CC(C)c1nc(-c2ccccn2)nc(-c2ccccn2)n1. The minimum Gasteiger partial charge on any atom is -0.253 e. The fourth-order valence-corrected chi connectivity index (χ4v) is 1.87. The molecule has 0 saturated heterocycles. The minimum atomic E-state index is 0.206. The Labute approximate surface area is 123 Å². The normalized spacial score (nSPS) is 10.8. The molecule has 0 radical (unpaired) electrons. The van der Waals surface area contributed by atoms with Crippen LogP contribution in [0.1, 0.15) is 25.6 Å². The highest BCUT2D eigenvalue weighted by Gasteiger charge is 2.13. The second-order valence-electron chi connectivity index (χ2n) is 4.93. The van der Waals surface area contributed by atoms with Crippen molar-refractivity contribution in [3.8, 4) is 23.0 Å². The molecule has 0 aromatic carbocycles. The summed E-state index contributed by atoms with van der Waals surface area (Å²) in [7, 11) is 0. The van der Waals surface area contributed by atoms with Gasteiger partial charge in [0.25, 0.3) is 0 Å². The Morgan fingerprint density at radius 2 is 1.24 bits per heavy atom. The van der Waals surface area contributed by atoms with Crippen LogP contribution in [0.5, 0.6) is 0 Å². The quantitative estimate of drug-likeness (QED) is 0.736. The Kier molecular flexibility index (Phi) is 3.64. The van der Waals surface area contributed by atoms with E-state index in [9.17, 15) is 0 Å². The summed E-state index contributed by atoms with van der Waals surface area (Å²) in [6.07, 6.45) is 3.46. The molecule has 5 heteroatoms. The maximum Gasteiger partial charge on any atom is 0.182 e. The lowest BCUT2D eigenvalue weighted by atomic mass is 10.2. The second-order valence-corrected chi connectivity index (χ2v) is 4.93. The summed E-state index contributed by atoms with van der Waals surface area (Å²) in [4.78, 5) is 22.2. The van der Waals surface area contributed by atoms with Crippen molar-refractivity contribution >= 4 is 0 Å². The highest BCUT2D eigenvalue weighted by atomic mass is 15.1. The second kappa shape index (κ2) is 5.75. The van der Waals surface area contributed by atoms with Crippen LogP contribution in [0.3, 0.4) is 0 Å². The van der Waals surface area contributed by atoms with Gasteiger partial charge >= 0.3 is 0 Å². The van der Waals surface area contributed by atoms with Gasteiger partial charge in [0, 0.05) is 18.3 Å². The maximum atomic E-state index is 4.52. The lowest BCUT2D eigenvalue weighted by Crippen LogP contribution is -2.05. The highest BCUT2D eigenvalue weighted by molar-refractivity contribution is 5.55. The fourth-order valence-electron chi connectivity index (χ4n) is 1.87. The summed E-state index contributed by atoms with van der Waals surface area (Å²) in [6, 6.07) is 11.4. The molecule has 5 nitrogen and oxygen atoms in total. The van der Waals surface area contributed by atoms with Gasteiger partial charge in [0.2, 0.25) is 0 Å². The van der Waals surface area contributed by atoms with Gasteiger partial charge in [-0.15, -0.1) is 0 Å². The molecule has 0 aliphatic heterocycles. The molecule has 0 spiro atoms. The average Bonchev–Trinajstić information content (AvgIpc) is 2.56. The van der Waals surface area contributed by atoms with Crippen molar-refractivity contribution in [2.24, 2.45) is 0 Å². The van der Waals surface area contributed by atoms with Gasteiger partial charge in [-0.1, -0.05) is 26.0 Å². The molecule has 0 aliphatic carbocycles. The van der Waals surface area contributed by atoms with Crippen molar-refractivity contribution in [3.05, 3.63) is 54.6 Å². The molecule has 104 valence electrons. The zero-order chi connectivity index (χ0) is 14.7. The molecule has 0 N–H and O–H groups in total. The van der Waals surface area contributed by atoms with Crippen LogP contribution >= 0.6 is 0 Å². The number of hydrogen-bond donors (Lipinski definition) is 0. The Hall–Kier alpha value is -2.69. The van der Waals surface area contributed by atoms with Gasteiger partial charge in [-0.25, -0.2) is 15.0 Å². The Balaban J connectivity index is 2.16. The van der Waals surface area contributed by atoms with Gasteiger partial charge in [0.1, 0.15) is 17.2 Å². The molecule has 3 aromatic rings. The van der Waals surface area contributed by atoms with E-state index in [-0.39, 0.29) is 5.92 Å². The lowest BCUT2D eigenvalue weighted by molar-refractivity contribution is 0.764. The number of hydrogen-bond acceptors (Lipinski definition) is 5. The van der Waals surface area contributed by atoms with E-state index in [4.69, 9.17) is 0 Å². The lowest BCUT2D eigenvalue weighted by Gasteiger charge is -2.08. The van der Waals surface area contributed by atoms with Crippen molar-refractivity contribution in [1.82, 2.24) is 24.9 Å². The molecule has 0 saturated carbocycles. The smallest absolute Gasteiger partial charge is 0.182 e. The van der Waals surface area contributed by atoms with Crippen molar-refractivity contribution in [1.29, 1.82) is 0 Å². The van der Waals surface area contributed by atoms with E-state index >= 15 is 0 Å². The zero-order valence-corrected chi connectivity index (χ0v) is 11.9. The zero-order valence-electron chi connectivity index (χ0n) is 11.9. The van der Waals surface area contributed by atoms with Crippen LogP contribution in [0.25, 0.3) is 23.0 Å². The first kappa shape index (κ1) is 13.3. The van der Waals surface area contributed by atoms with Gasteiger partial charge in [0.05, 0.1) is 0 Å². The molecule has 0 amide bonds. The predicted molar refractivity (Wildman–Crippen MR) is 80.4 cm³/mol. The van der Waals surface area contributed by atoms with Crippen molar-refractivity contribution in [2.45, 2.75) is 19.8 Å². The average molecular weight is 277 g/mol. The van der Waals surface area contributed by atoms with Crippen LogP contribution < -0.4 is 0 Å². The van der Waals surface area contributed by atoms with Crippen LogP contribution in [0.2, 0.25) is 0 Å². The van der Waals surface area contributed by atoms with Gasteiger partial charge in [-0.3, -0.25) is 9.97 Å². The van der Waals surface area contributed by atoms with E-state index < -0.39 is 0 Å². The number of aromatic nitrogens is 5. The molecule has 0 atom stereocenters. The number of rotatable bonds is 3. The molecule has 0 unspecified atom stereocenters. The topological polar surface area (TPSA) is 64.5 Å². The van der Waals surface area contributed by atoms with E-state index in [0.29, 0.717) is 11.6 Å². The van der Waals surface area contributed by atoms with Crippen molar-refractivity contribution in [3.63, 3.8) is 0 Å². The number of nitrogens with zero attached hydrogens (tertiary/aromatic N) is 5. The Morgan fingerprint density at radius 1 is 0.714 bits per heavy atom. The van der Waals surface area contributed by atoms with Crippen molar-refractivity contribution < 1.29 is 0 Å². The maximum absolute atomic E-state index is 4.52. The van der Waals surface area contributed by atoms with Crippen LogP contribution in [0, 0.1) is 0 Å². The van der Waals surface area contributed by atoms with E-state index in [1.165, 1.54) is 0 Å². The molecule has 21 heavy (non-hydrogen) atoms. The van der Waals surface area contributed by atoms with Crippen LogP contribution in [-0.2, 0) is 0 Å². The predicted octanol–water partition coefficient (Wildman–Crippen LogP) is 3.12. The molecule has 3 aromatic heterocycles. The molecular weight excluding hydrogens is 262 g/mol. The summed E-state index contributed by atoms with van der Waals surface area (Å²) < 4.78 is 0. The van der Waals surface area contributed by atoms with Crippen molar-refractivity contribution in [2.75, 3.05) is 0 Å². The standard InChI is InChI=1S/C16H15N5/c1-11(2)14-19-15(12-7-3-5-9-17-12)21-16(20-14)13-8-4-6-10-18-13/h3-11H,1-2H3. The first-order valence-corrected chi connectivity index (χ1v) is 6.83. The summed E-state index contributed by atoms with van der Waals surface area (Å²) in [5.74, 6) is 2.11. The van der Waals surface area contributed by atoms with Crippen LogP contribution in [-0.4, -0.2) is 24.9 Å². The van der Waals surface area contributed by atoms with Crippen LogP contribution in [0.4, 0.5) is 0 Å². The molecule has 0 aliphatic rings. The van der Waals surface area contributed by atoms with E-state index in [2.05, 4.69) is 38.8 Å². The minimum absolute atomic E-state index is 0.206. The van der Waals surface area contributed by atoms with Gasteiger partial charge in [-0.05, 0) is 24.3 Å². The molecule has 0 bridgehead atoms. The molecule has 0 fully saturated rings. The Bertz CT molecular complexity index is 668. The molecular formula is C16H15N5. The van der Waals surface area contributed by atoms with Gasteiger partial charge in [-0.2, -0.15) is 0 Å². The first-order chi connectivity index (χ1) is 10.2. The highest BCUT2D eigenvalue weighted by Crippen LogP contribution is 2.20. The first-order valence-electron chi connectivity index (χ1n) is 6.83. The largest absolute Gasteiger partial charge is 0.253 e. The van der Waals surface area contributed by atoms with E-state index in [1.807, 2.05) is 36.4 Å². The summed E-state index contributed by atoms with van der Waals surface area (Å²) >= 11 is 0. The fraction of sp³-hybridized carbons (Fsp3) is 0.188. The summed E-state index contributed by atoms with van der Waals surface area (Å²) in [5, 5.41) is 0. The van der Waals surface area contributed by atoms with Crippen LogP contribution in [0.15, 0.2) is 48.8 Å². The third kappa shape index (κ3) is 2.91. The monoisotopic (exact) mass is 277 g/mol. The summed E-state index contributed by atoms with van der Waals surface area (Å²) in [5.41, 5.74) is 1.47. The third-order valence-electron chi connectivity index (χ3n) is 2.96. The molecule has 3 heterocycles. The van der Waals surface area contributed by atoms with E-state index in [0.717, 1.165) is 17.2 Å². The summed E-state index contributed by atoms with van der Waals surface area (Å²) in [6.45, 7) is 4.11.